The van der Waals surface area contributed by atoms with Gasteiger partial charge >= 0.3 is 0 Å². The Morgan fingerprint density at radius 2 is 1.93 bits per heavy atom. The first-order valence-electron chi connectivity index (χ1n) is 14.1. The van der Waals surface area contributed by atoms with Crippen LogP contribution in [0.15, 0.2) is 65.8 Å². The highest BCUT2D eigenvalue weighted by Crippen LogP contribution is 2.42. The number of fused-ring (bicyclic) bond motifs is 6. The van der Waals surface area contributed by atoms with Gasteiger partial charge in [0.1, 0.15) is 16.7 Å². The van der Waals surface area contributed by atoms with Gasteiger partial charge in [-0.3, -0.25) is 14.5 Å². The highest BCUT2D eigenvalue weighted by molar-refractivity contribution is 7.97. The van der Waals surface area contributed by atoms with E-state index in [4.69, 9.17) is 9.97 Å². The maximum atomic E-state index is 13.9. The van der Waals surface area contributed by atoms with Gasteiger partial charge in [-0.05, 0) is 87.4 Å². The Balaban J connectivity index is 1.38. The zero-order valence-corrected chi connectivity index (χ0v) is 24.1. The second-order valence-corrected chi connectivity index (χ2v) is 12.6. The summed E-state index contributed by atoms with van der Waals surface area (Å²) in [5.41, 5.74) is 2.65. The number of rotatable bonds is 2. The maximum Gasteiger partial charge on any atom is 0.265 e. The number of carbonyl (C=O) groups is 1. The van der Waals surface area contributed by atoms with E-state index in [2.05, 4.69) is 33.8 Å². The third-order valence-corrected chi connectivity index (χ3v) is 9.00. The van der Waals surface area contributed by atoms with Crippen molar-refractivity contribution >= 4 is 35.1 Å². The molecule has 0 radical (unpaired) electrons. The molecule has 5 heterocycles. The molecule has 7 nitrogen and oxygen atoms in total. The van der Waals surface area contributed by atoms with Crippen molar-refractivity contribution in [3.8, 4) is 0 Å². The van der Waals surface area contributed by atoms with E-state index >= 15 is 0 Å². The fourth-order valence-electron chi connectivity index (χ4n) is 6.15. The summed E-state index contributed by atoms with van der Waals surface area (Å²) in [7, 11) is 0. The average Bonchev–Trinajstić information content (AvgIpc) is 3.27. The highest BCUT2D eigenvalue weighted by Gasteiger charge is 2.41. The second kappa shape index (κ2) is 11.0. The summed E-state index contributed by atoms with van der Waals surface area (Å²) >= 11 is 1.15. The lowest BCUT2D eigenvalue weighted by Gasteiger charge is -2.34. The number of aromatic nitrogens is 3. The normalized spacial score (nSPS) is 23.8. The largest absolute Gasteiger partial charge is 0.362 e. The summed E-state index contributed by atoms with van der Waals surface area (Å²) in [6.45, 7) is 5.12. The molecular formula is C31H34F2N6OS. The average molecular weight is 577 g/mol. The number of alkyl halides is 2. The fraction of sp³-hybridized carbons (Fsp3) is 0.419. The van der Waals surface area contributed by atoms with E-state index in [1.54, 1.807) is 18.2 Å². The molecule has 0 spiro atoms. The van der Waals surface area contributed by atoms with Gasteiger partial charge in [0.25, 0.3) is 11.8 Å². The molecule has 1 saturated heterocycles. The minimum atomic E-state index is -2.68. The molecule has 4 bridgehead atoms. The van der Waals surface area contributed by atoms with Gasteiger partial charge < -0.3 is 10.2 Å². The molecule has 214 valence electrons. The summed E-state index contributed by atoms with van der Waals surface area (Å²) in [4.78, 5) is 30.1. The summed E-state index contributed by atoms with van der Waals surface area (Å²) in [5, 5.41) is 4.23. The van der Waals surface area contributed by atoms with E-state index in [1.807, 2.05) is 42.6 Å². The van der Waals surface area contributed by atoms with Crippen molar-refractivity contribution in [2.24, 2.45) is 5.92 Å². The molecule has 3 aliphatic rings. The van der Waals surface area contributed by atoms with Crippen molar-refractivity contribution in [1.29, 1.82) is 0 Å². The topological polar surface area (TPSA) is 83.0 Å². The molecule has 2 N–H and O–H groups in total. The van der Waals surface area contributed by atoms with Crippen LogP contribution in [-0.2, 0) is 0 Å². The molecule has 2 atom stereocenters. The van der Waals surface area contributed by atoms with Crippen molar-refractivity contribution < 1.29 is 13.6 Å². The van der Waals surface area contributed by atoms with Gasteiger partial charge in [0, 0.05) is 43.1 Å². The monoisotopic (exact) mass is 576 g/mol. The molecule has 3 aromatic heterocycles. The molecule has 0 saturated carbocycles. The third-order valence-electron chi connectivity index (χ3n) is 8.27. The number of hydrogen-bond donors (Lipinski definition) is 2. The molecule has 1 fully saturated rings. The first-order valence-corrected chi connectivity index (χ1v) is 15.0. The van der Waals surface area contributed by atoms with Crippen molar-refractivity contribution in [3.63, 3.8) is 0 Å². The highest BCUT2D eigenvalue weighted by atomic mass is 32.2. The van der Waals surface area contributed by atoms with Gasteiger partial charge in [0.15, 0.2) is 0 Å². The molecule has 41 heavy (non-hydrogen) atoms. The molecule has 0 unspecified atom stereocenters. The van der Waals surface area contributed by atoms with E-state index in [0.717, 1.165) is 54.8 Å². The van der Waals surface area contributed by atoms with Gasteiger partial charge in [-0.2, -0.15) is 0 Å². The number of amides is 1. The van der Waals surface area contributed by atoms with Crippen LogP contribution in [0.5, 0.6) is 0 Å². The van der Waals surface area contributed by atoms with E-state index in [0.29, 0.717) is 28.0 Å². The van der Waals surface area contributed by atoms with Gasteiger partial charge in [-0.1, -0.05) is 18.2 Å². The van der Waals surface area contributed by atoms with Gasteiger partial charge in [-0.25, -0.2) is 18.7 Å². The Morgan fingerprint density at radius 3 is 2.71 bits per heavy atom. The van der Waals surface area contributed by atoms with Gasteiger partial charge in [0.05, 0.1) is 23.0 Å². The molecule has 1 amide bonds. The molecule has 0 aromatic carbocycles. The van der Waals surface area contributed by atoms with Crippen molar-refractivity contribution in [2.45, 2.75) is 74.9 Å². The molecular weight excluding hydrogens is 542 g/mol. The quantitative estimate of drug-likeness (QED) is 0.316. The minimum Gasteiger partial charge on any atom is -0.362 e. The van der Waals surface area contributed by atoms with Crippen LogP contribution in [0.1, 0.15) is 80.2 Å². The smallest absolute Gasteiger partial charge is 0.265 e. The van der Waals surface area contributed by atoms with Crippen molar-refractivity contribution in [1.82, 2.24) is 19.7 Å². The zero-order chi connectivity index (χ0) is 28.6. The van der Waals surface area contributed by atoms with E-state index in [9.17, 15) is 13.6 Å². The number of nitrogens with zero attached hydrogens (tertiary/aromatic N) is 4. The Kier molecular flexibility index (Phi) is 7.44. The van der Waals surface area contributed by atoms with Crippen molar-refractivity contribution in [3.05, 3.63) is 77.8 Å². The Morgan fingerprint density at radius 1 is 1.05 bits per heavy atom. The zero-order valence-electron chi connectivity index (χ0n) is 23.2. The van der Waals surface area contributed by atoms with Crippen molar-refractivity contribution in [2.75, 3.05) is 16.8 Å². The number of pyridine rings is 3. The number of allylic oxidation sites excluding steroid dienone is 2. The van der Waals surface area contributed by atoms with Crippen LogP contribution < -0.4 is 14.9 Å². The Bertz CT molecular complexity index is 1460. The molecule has 6 rings (SSSR count). The number of carbonyl (C=O) groups excluding carboxylic acids is 1. The van der Waals surface area contributed by atoms with E-state index in [-0.39, 0.29) is 36.8 Å². The standard InChI is InChI=1S/C31H34F2N6OS/c1-30(2)18-20-9-11-25(24-6-3-4-17-34-24)35-26-7-5-8-27(37-26)41-38-29(40)22-10-12-23(36-28(22)39(30)19-20)21-13-15-31(32,33)16-14-21/h3-8,10,12-13,17,20,25H,9,11,14-16,18-19H2,1-2H3,(H,35,37)(H,38,40)/t20-,25+/m0/s1. The van der Waals surface area contributed by atoms with Crippen LogP contribution >= 0.6 is 11.9 Å². The second-order valence-electron chi connectivity index (χ2n) is 11.8. The molecule has 2 aliphatic heterocycles. The summed E-state index contributed by atoms with van der Waals surface area (Å²) < 4.78 is 30.7. The van der Waals surface area contributed by atoms with Crippen LogP contribution in [-0.4, -0.2) is 38.9 Å². The molecule has 1 aliphatic carbocycles. The van der Waals surface area contributed by atoms with E-state index in [1.165, 1.54) is 0 Å². The van der Waals surface area contributed by atoms with Crippen LogP contribution in [0.4, 0.5) is 20.4 Å². The number of nitrogens with one attached hydrogen (secondary N) is 2. The number of halogens is 2. The Labute approximate surface area is 243 Å². The maximum absolute atomic E-state index is 13.9. The predicted molar refractivity (Wildman–Crippen MR) is 158 cm³/mol. The summed E-state index contributed by atoms with van der Waals surface area (Å²) in [6, 6.07) is 15.2. The molecule has 3 aromatic rings. The first kappa shape index (κ1) is 27.6. The predicted octanol–water partition coefficient (Wildman–Crippen LogP) is 7.06. The van der Waals surface area contributed by atoms with Crippen LogP contribution in [0.25, 0.3) is 5.57 Å². The number of hydrogen-bond acceptors (Lipinski definition) is 7. The van der Waals surface area contributed by atoms with Crippen LogP contribution in [0.3, 0.4) is 0 Å². The summed E-state index contributed by atoms with van der Waals surface area (Å²) in [6.07, 6.45) is 5.94. The minimum absolute atomic E-state index is 0.0192. The van der Waals surface area contributed by atoms with Gasteiger partial charge in [0.2, 0.25) is 0 Å². The number of anilines is 2. The Hall–Kier alpha value is -3.53. The lowest BCUT2D eigenvalue weighted by Crippen LogP contribution is -2.40. The fourth-order valence-corrected chi connectivity index (χ4v) is 6.75. The van der Waals surface area contributed by atoms with E-state index < -0.39 is 5.92 Å². The first-order chi connectivity index (χ1) is 19.7. The molecule has 10 heteroatoms. The van der Waals surface area contributed by atoms with Gasteiger partial charge in [-0.15, -0.1) is 0 Å². The van der Waals surface area contributed by atoms with Crippen LogP contribution in [0, 0.1) is 5.92 Å². The lowest BCUT2D eigenvalue weighted by molar-refractivity contribution is -0.00606. The summed E-state index contributed by atoms with van der Waals surface area (Å²) in [5.74, 6) is -1.26. The lowest BCUT2D eigenvalue weighted by atomic mass is 9.91. The third kappa shape index (κ3) is 6.07. The SMILES string of the molecule is CC1(C)C[C@@H]2CC[C@H](c3ccccn3)Nc3cccc(n3)SNC(=O)c3ccc(C4=CCC(F)(F)CC4)nc3N1C2. The van der Waals surface area contributed by atoms with Crippen LogP contribution in [0.2, 0.25) is 0 Å².